The van der Waals surface area contributed by atoms with Gasteiger partial charge in [-0.3, -0.25) is 4.79 Å². The number of hydrogen-bond acceptors (Lipinski definition) is 3. The maximum absolute atomic E-state index is 11.8. The molecule has 3 N–H and O–H groups in total. The van der Waals surface area contributed by atoms with E-state index in [0.717, 1.165) is 19.3 Å². The van der Waals surface area contributed by atoms with Gasteiger partial charge in [-0.05, 0) is 24.7 Å². The molecule has 1 saturated heterocycles. The van der Waals surface area contributed by atoms with Gasteiger partial charge in [0.1, 0.15) is 6.10 Å². The summed E-state index contributed by atoms with van der Waals surface area (Å²) in [6.45, 7) is 7.62. The minimum atomic E-state index is -0.291. The minimum Gasteiger partial charge on any atom is -0.364 e. The molecular formula is C12H24N2O2. The van der Waals surface area contributed by atoms with Crippen LogP contribution in [0.15, 0.2) is 0 Å². The number of rotatable bonds is 5. The van der Waals surface area contributed by atoms with Crippen LogP contribution < -0.4 is 11.1 Å². The zero-order valence-electron chi connectivity index (χ0n) is 10.6. The van der Waals surface area contributed by atoms with Gasteiger partial charge in [0.25, 0.3) is 0 Å². The molecule has 1 fully saturated rings. The van der Waals surface area contributed by atoms with Crippen molar-refractivity contribution in [2.75, 3.05) is 13.1 Å². The molecule has 0 bridgehead atoms. The van der Waals surface area contributed by atoms with Gasteiger partial charge in [0.05, 0.1) is 6.10 Å². The Morgan fingerprint density at radius 1 is 1.50 bits per heavy atom. The molecule has 4 heteroatoms. The third-order valence-electron chi connectivity index (χ3n) is 3.36. The van der Waals surface area contributed by atoms with Crippen molar-refractivity contribution in [2.45, 2.75) is 52.2 Å². The second-order valence-corrected chi connectivity index (χ2v) is 5.30. The first-order chi connectivity index (χ1) is 7.48. The van der Waals surface area contributed by atoms with Crippen LogP contribution in [0.1, 0.15) is 40.0 Å². The topological polar surface area (TPSA) is 64.4 Å². The summed E-state index contributed by atoms with van der Waals surface area (Å²) in [5.74, 6) is 0.0116. The van der Waals surface area contributed by atoms with Crippen molar-refractivity contribution in [2.24, 2.45) is 11.1 Å². The Kier molecular flexibility index (Phi) is 4.74. The van der Waals surface area contributed by atoms with E-state index in [1.165, 1.54) is 0 Å². The van der Waals surface area contributed by atoms with E-state index in [9.17, 15) is 4.79 Å². The van der Waals surface area contributed by atoms with Gasteiger partial charge in [-0.2, -0.15) is 0 Å². The maximum Gasteiger partial charge on any atom is 0.249 e. The molecule has 1 aliphatic heterocycles. The Morgan fingerprint density at radius 3 is 2.69 bits per heavy atom. The van der Waals surface area contributed by atoms with E-state index < -0.39 is 0 Å². The number of nitrogens with one attached hydrogen (secondary N) is 1. The summed E-state index contributed by atoms with van der Waals surface area (Å²) in [5.41, 5.74) is 5.66. The second kappa shape index (κ2) is 5.64. The van der Waals surface area contributed by atoms with Crippen molar-refractivity contribution < 1.29 is 9.53 Å². The molecule has 1 amide bonds. The van der Waals surface area contributed by atoms with Crippen LogP contribution in [-0.2, 0) is 9.53 Å². The van der Waals surface area contributed by atoms with Gasteiger partial charge in [0, 0.05) is 13.1 Å². The second-order valence-electron chi connectivity index (χ2n) is 5.30. The summed E-state index contributed by atoms with van der Waals surface area (Å²) in [5, 5.41) is 2.96. The van der Waals surface area contributed by atoms with Crippen molar-refractivity contribution in [1.29, 1.82) is 0 Å². The summed E-state index contributed by atoms with van der Waals surface area (Å²) < 4.78 is 5.53. The summed E-state index contributed by atoms with van der Waals surface area (Å²) in [4.78, 5) is 11.8. The normalized spacial score (nSPS) is 25.8. The summed E-state index contributed by atoms with van der Waals surface area (Å²) >= 11 is 0. The molecule has 4 nitrogen and oxygen atoms in total. The first-order valence-corrected chi connectivity index (χ1v) is 6.11. The molecule has 0 radical (unpaired) electrons. The molecule has 1 heterocycles. The van der Waals surface area contributed by atoms with Gasteiger partial charge in [-0.25, -0.2) is 0 Å². The molecule has 0 spiro atoms. The van der Waals surface area contributed by atoms with Crippen LogP contribution in [0.5, 0.6) is 0 Å². The molecule has 16 heavy (non-hydrogen) atoms. The van der Waals surface area contributed by atoms with Crippen molar-refractivity contribution >= 4 is 5.91 Å². The highest BCUT2D eigenvalue weighted by Gasteiger charge is 2.30. The van der Waals surface area contributed by atoms with Gasteiger partial charge in [0.2, 0.25) is 5.91 Å². The predicted molar refractivity (Wildman–Crippen MR) is 64.0 cm³/mol. The first-order valence-electron chi connectivity index (χ1n) is 6.11. The molecule has 2 atom stereocenters. The average Bonchev–Trinajstić information content (AvgIpc) is 2.74. The fourth-order valence-electron chi connectivity index (χ4n) is 1.64. The largest absolute Gasteiger partial charge is 0.364 e. The van der Waals surface area contributed by atoms with Crippen LogP contribution in [0.4, 0.5) is 0 Å². The van der Waals surface area contributed by atoms with E-state index >= 15 is 0 Å². The van der Waals surface area contributed by atoms with Gasteiger partial charge in [0.15, 0.2) is 0 Å². The smallest absolute Gasteiger partial charge is 0.249 e. The van der Waals surface area contributed by atoms with Crippen LogP contribution in [0.25, 0.3) is 0 Å². The fraction of sp³-hybridized carbons (Fsp3) is 0.917. The number of nitrogens with two attached hydrogens (primary N) is 1. The van der Waals surface area contributed by atoms with E-state index in [0.29, 0.717) is 13.1 Å². The number of carbonyl (C=O) groups is 1. The Hall–Kier alpha value is -0.610. The van der Waals surface area contributed by atoms with Crippen molar-refractivity contribution in [3.8, 4) is 0 Å². The van der Waals surface area contributed by atoms with Crippen molar-refractivity contribution in [1.82, 2.24) is 5.32 Å². The Bertz CT molecular complexity index is 241. The molecule has 2 unspecified atom stereocenters. The van der Waals surface area contributed by atoms with E-state index in [1.807, 2.05) is 0 Å². The standard InChI is InChI=1S/C12H24N2O2/c1-4-12(2,3)8-14-11(15)10-6-5-9(7-13)16-10/h9-10H,4-8,13H2,1-3H3,(H,14,15). The fourth-order valence-corrected chi connectivity index (χ4v) is 1.64. The van der Waals surface area contributed by atoms with Crippen molar-refractivity contribution in [3.05, 3.63) is 0 Å². The molecule has 0 aliphatic carbocycles. The summed E-state index contributed by atoms with van der Waals surface area (Å²) in [6.07, 6.45) is 2.51. The lowest BCUT2D eigenvalue weighted by Gasteiger charge is -2.23. The van der Waals surface area contributed by atoms with Crippen LogP contribution >= 0.6 is 0 Å². The minimum absolute atomic E-state index is 0.0116. The highest BCUT2D eigenvalue weighted by molar-refractivity contribution is 5.81. The molecule has 0 saturated carbocycles. The molecular weight excluding hydrogens is 204 g/mol. The Labute approximate surface area is 97.9 Å². The van der Waals surface area contributed by atoms with Crippen molar-refractivity contribution in [3.63, 3.8) is 0 Å². The lowest BCUT2D eigenvalue weighted by atomic mass is 9.90. The third-order valence-corrected chi connectivity index (χ3v) is 3.36. The monoisotopic (exact) mass is 228 g/mol. The van der Waals surface area contributed by atoms with E-state index in [-0.39, 0.29) is 23.5 Å². The number of carbonyl (C=O) groups excluding carboxylic acids is 1. The third kappa shape index (κ3) is 3.76. The average molecular weight is 228 g/mol. The summed E-state index contributed by atoms with van der Waals surface area (Å²) in [7, 11) is 0. The lowest BCUT2D eigenvalue weighted by molar-refractivity contribution is -0.132. The Balaban J connectivity index is 2.31. The summed E-state index contributed by atoms with van der Waals surface area (Å²) in [6, 6.07) is 0. The highest BCUT2D eigenvalue weighted by Crippen LogP contribution is 2.21. The molecule has 1 rings (SSSR count). The van der Waals surface area contributed by atoms with E-state index in [2.05, 4.69) is 26.1 Å². The molecule has 0 aromatic heterocycles. The quantitative estimate of drug-likeness (QED) is 0.739. The molecule has 0 aromatic carbocycles. The lowest BCUT2D eigenvalue weighted by Crippen LogP contribution is -2.40. The van der Waals surface area contributed by atoms with Gasteiger partial charge >= 0.3 is 0 Å². The van der Waals surface area contributed by atoms with Gasteiger partial charge in [-0.1, -0.05) is 20.8 Å². The molecule has 1 aliphatic rings. The first kappa shape index (κ1) is 13.5. The number of ether oxygens (including phenoxy) is 1. The molecule has 94 valence electrons. The Morgan fingerprint density at radius 2 is 2.19 bits per heavy atom. The van der Waals surface area contributed by atoms with E-state index in [4.69, 9.17) is 10.5 Å². The SMILES string of the molecule is CCC(C)(C)CNC(=O)C1CCC(CN)O1. The number of hydrogen-bond donors (Lipinski definition) is 2. The van der Waals surface area contributed by atoms with Crippen LogP contribution in [0, 0.1) is 5.41 Å². The highest BCUT2D eigenvalue weighted by atomic mass is 16.5. The van der Waals surface area contributed by atoms with Crippen LogP contribution in [-0.4, -0.2) is 31.2 Å². The van der Waals surface area contributed by atoms with E-state index in [1.54, 1.807) is 0 Å². The maximum atomic E-state index is 11.8. The van der Waals surface area contributed by atoms with Crippen LogP contribution in [0.3, 0.4) is 0 Å². The molecule has 0 aromatic rings. The van der Waals surface area contributed by atoms with Gasteiger partial charge in [-0.15, -0.1) is 0 Å². The zero-order valence-corrected chi connectivity index (χ0v) is 10.6. The van der Waals surface area contributed by atoms with Crippen LogP contribution in [0.2, 0.25) is 0 Å². The number of amides is 1. The zero-order chi connectivity index (χ0) is 12.2. The predicted octanol–water partition coefficient (Wildman–Crippen LogP) is 1.05. The van der Waals surface area contributed by atoms with Gasteiger partial charge < -0.3 is 15.8 Å².